The van der Waals surface area contributed by atoms with Crippen LogP contribution in [0.1, 0.15) is 5.89 Å². The highest BCUT2D eigenvalue weighted by molar-refractivity contribution is 5.77. The van der Waals surface area contributed by atoms with Crippen LogP contribution in [0.15, 0.2) is 22.6 Å². The molecule has 0 saturated carbocycles. The first-order valence-corrected chi connectivity index (χ1v) is 4.72. The lowest BCUT2D eigenvalue weighted by molar-refractivity contribution is 0.561. The van der Waals surface area contributed by atoms with Gasteiger partial charge in [0.2, 0.25) is 0 Å². The molecule has 5 nitrogen and oxygen atoms in total. The maximum absolute atomic E-state index is 5.45. The van der Waals surface area contributed by atoms with Crippen molar-refractivity contribution in [3.05, 3.63) is 24.1 Å². The number of anilines is 1. The molecule has 15 heavy (non-hydrogen) atoms. The van der Waals surface area contributed by atoms with Gasteiger partial charge in [-0.05, 0) is 12.1 Å². The molecule has 0 amide bonds. The lowest BCUT2D eigenvalue weighted by Gasteiger charge is -2.17. The van der Waals surface area contributed by atoms with Crippen molar-refractivity contribution in [1.29, 1.82) is 0 Å². The summed E-state index contributed by atoms with van der Waals surface area (Å²) >= 11 is 0. The summed E-state index contributed by atoms with van der Waals surface area (Å²) in [5.74, 6) is 5.94. The molecule has 1 aromatic heterocycles. The second-order valence-corrected chi connectivity index (χ2v) is 3.45. The fourth-order valence-corrected chi connectivity index (χ4v) is 1.49. The third-order valence-corrected chi connectivity index (χ3v) is 2.25. The number of hydrazine groups is 1. The number of hydrogen-bond donors (Lipinski definition) is 2. The fourth-order valence-electron chi connectivity index (χ4n) is 1.49. The molecule has 0 fully saturated rings. The Kier molecular flexibility index (Phi) is 2.57. The zero-order valence-electron chi connectivity index (χ0n) is 8.82. The van der Waals surface area contributed by atoms with Gasteiger partial charge in [-0.3, -0.25) is 5.84 Å². The molecule has 80 valence electrons. The van der Waals surface area contributed by atoms with E-state index in [0.717, 1.165) is 16.8 Å². The van der Waals surface area contributed by atoms with E-state index in [4.69, 9.17) is 10.3 Å². The van der Waals surface area contributed by atoms with E-state index in [-0.39, 0.29) is 0 Å². The van der Waals surface area contributed by atoms with Gasteiger partial charge in [-0.15, -0.1) is 0 Å². The van der Waals surface area contributed by atoms with Crippen LogP contribution in [0.3, 0.4) is 0 Å². The number of aromatic nitrogens is 1. The third-order valence-electron chi connectivity index (χ3n) is 2.25. The fraction of sp³-hybridized carbons (Fsp3) is 0.300. The van der Waals surface area contributed by atoms with Gasteiger partial charge >= 0.3 is 0 Å². The smallest absolute Gasteiger partial charge is 0.192 e. The second-order valence-electron chi connectivity index (χ2n) is 3.45. The van der Waals surface area contributed by atoms with Crippen molar-refractivity contribution in [2.45, 2.75) is 6.92 Å². The van der Waals surface area contributed by atoms with Crippen LogP contribution in [0.5, 0.6) is 0 Å². The van der Waals surface area contributed by atoms with E-state index < -0.39 is 0 Å². The maximum atomic E-state index is 5.45. The van der Waals surface area contributed by atoms with Crippen LogP contribution in [0.25, 0.3) is 11.1 Å². The van der Waals surface area contributed by atoms with Gasteiger partial charge in [-0.1, -0.05) is 0 Å². The van der Waals surface area contributed by atoms with Crippen LogP contribution in [0.4, 0.5) is 5.69 Å². The quantitative estimate of drug-likeness (QED) is 0.445. The zero-order valence-corrected chi connectivity index (χ0v) is 8.82. The minimum atomic E-state index is 0.582. The van der Waals surface area contributed by atoms with E-state index in [0.29, 0.717) is 12.6 Å². The minimum Gasteiger partial charge on any atom is -0.441 e. The Morgan fingerprint density at radius 2 is 2.33 bits per heavy atom. The molecule has 5 heteroatoms. The van der Waals surface area contributed by atoms with Gasteiger partial charge in [0.15, 0.2) is 11.5 Å². The van der Waals surface area contributed by atoms with Crippen molar-refractivity contribution in [2.75, 3.05) is 18.6 Å². The van der Waals surface area contributed by atoms with Gasteiger partial charge in [0, 0.05) is 25.7 Å². The molecule has 0 aliphatic rings. The molecular formula is C10H14N4O. The van der Waals surface area contributed by atoms with Crippen LogP contribution in [0, 0.1) is 6.92 Å². The molecule has 1 heterocycles. The Labute approximate surface area is 87.8 Å². The molecule has 1 aromatic carbocycles. The Hall–Kier alpha value is -1.59. The van der Waals surface area contributed by atoms with E-state index in [1.165, 1.54) is 0 Å². The molecule has 2 aromatic rings. The second kappa shape index (κ2) is 3.88. The topological polar surface area (TPSA) is 67.3 Å². The monoisotopic (exact) mass is 206 g/mol. The van der Waals surface area contributed by atoms with Crippen molar-refractivity contribution in [1.82, 2.24) is 10.4 Å². The maximum Gasteiger partial charge on any atom is 0.192 e. The predicted octanol–water partition coefficient (Wildman–Crippen LogP) is 0.993. The normalized spacial score (nSPS) is 10.9. The van der Waals surface area contributed by atoms with E-state index in [9.17, 15) is 0 Å². The first-order chi connectivity index (χ1) is 7.20. The van der Waals surface area contributed by atoms with E-state index >= 15 is 0 Å². The zero-order chi connectivity index (χ0) is 10.8. The van der Waals surface area contributed by atoms with E-state index in [2.05, 4.69) is 10.4 Å². The number of oxazole rings is 1. The Bertz CT molecular complexity index is 465. The van der Waals surface area contributed by atoms with Gasteiger partial charge in [-0.25, -0.2) is 10.4 Å². The van der Waals surface area contributed by atoms with Crippen LogP contribution >= 0.6 is 0 Å². The number of nitrogens with zero attached hydrogens (tertiary/aromatic N) is 2. The lowest BCUT2D eigenvalue weighted by Crippen LogP contribution is -2.35. The largest absolute Gasteiger partial charge is 0.441 e. The summed E-state index contributed by atoms with van der Waals surface area (Å²) in [5.41, 5.74) is 5.32. The average Bonchev–Trinajstić information content (AvgIpc) is 2.57. The minimum absolute atomic E-state index is 0.582. The summed E-state index contributed by atoms with van der Waals surface area (Å²) in [4.78, 5) is 6.22. The van der Waals surface area contributed by atoms with Crippen molar-refractivity contribution in [3.63, 3.8) is 0 Å². The summed E-state index contributed by atoms with van der Waals surface area (Å²) in [6.07, 6.45) is 0. The van der Waals surface area contributed by atoms with Crippen molar-refractivity contribution >= 4 is 16.8 Å². The van der Waals surface area contributed by atoms with Gasteiger partial charge in [0.05, 0.1) is 6.67 Å². The summed E-state index contributed by atoms with van der Waals surface area (Å²) in [7, 11) is 1.95. The molecule has 0 aliphatic carbocycles. The Balaban J connectivity index is 2.37. The molecule has 0 atom stereocenters. The van der Waals surface area contributed by atoms with Crippen molar-refractivity contribution in [3.8, 4) is 0 Å². The third kappa shape index (κ3) is 1.93. The van der Waals surface area contributed by atoms with Gasteiger partial charge in [-0.2, -0.15) is 0 Å². The molecule has 0 bridgehead atoms. The van der Waals surface area contributed by atoms with Gasteiger partial charge < -0.3 is 9.32 Å². The predicted molar refractivity (Wildman–Crippen MR) is 59.3 cm³/mol. The number of benzene rings is 1. The molecule has 0 unspecified atom stereocenters. The number of fused-ring (bicyclic) bond motifs is 1. The number of hydrogen-bond acceptors (Lipinski definition) is 5. The summed E-state index contributed by atoms with van der Waals surface area (Å²) < 4.78 is 5.45. The number of aryl methyl sites for hydroxylation is 1. The van der Waals surface area contributed by atoms with Crippen molar-refractivity contribution < 1.29 is 4.42 Å². The Morgan fingerprint density at radius 3 is 3.07 bits per heavy atom. The standard InChI is InChI=1S/C10H14N4O/c1-7-13-9-4-3-8(5-10(9)15-7)14(2)6-12-11/h3-5,12H,6,11H2,1-2H3. The molecule has 0 aliphatic heterocycles. The van der Waals surface area contributed by atoms with Gasteiger partial charge in [0.25, 0.3) is 0 Å². The average molecular weight is 206 g/mol. The molecule has 3 N–H and O–H groups in total. The molecule has 2 rings (SSSR count). The summed E-state index contributed by atoms with van der Waals surface area (Å²) in [6, 6.07) is 5.88. The van der Waals surface area contributed by atoms with E-state index in [1.54, 1.807) is 0 Å². The molecule has 0 saturated heterocycles. The highest BCUT2D eigenvalue weighted by Gasteiger charge is 2.05. The van der Waals surface area contributed by atoms with Crippen LogP contribution in [-0.2, 0) is 0 Å². The Morgan fingerprint density at radius 1 is 1.53 bits per heavy atom. The van der Waals surface area contributed by atoms with E-state index in [1.807, 2.05) is 37.1 Å². The highest BCUT2D eigenvalue weighted by atomic mass is 16.3. The molecular weight excluding hydrogens is 192 g/mol. The SMILES string of the molecule is Cc1nc2ccc(N(C)CNN)cc2o1. The number of nitrogens with one attached hydrogen (secondary N) is 1. The summed E-state index contributed by atoms with van der Waals surface area (Å²) in [6.45, 7) is 2.42. The lowest BCUT2D eigenvalue weighted by atomic mass is 10.3. The molecule has 0 radical (unpaired) electrons. The van der Waals surface area contributed by atoms with Crippen LogP contribution in [0.2, 0.25) is 0 Å². The first-order valence-electron chi connectivity index (χ1n) is 4.72. The van der Waals surface area contributed by atoms with Crippen molar-refractivity contribution in [2.24, 2.45) is 5.84 Å². The van der Waals surface area contributed by atoms with Crippen LogP contribution < -0.4 is 16.2 Å². The number of rotatable bonds is 3. The first kappa shape index (κ1) is 9.95. The molecule has 0 spiro atoms. The number of nitrogens with two attached hydrogens (primary N) is 1. The highest BCUT2D eigenvalue weighted by Crippen LogP contribution is 2.21. The summed E-state index contributed by atoms with van der Waals surface area (Å²) in [5, 5.41) is 0. The van der Waals surface area contributed by atoms with Crippen LogP contribution in [-0.4, -0.2) is 18.7 Å². The van der Waals surface area contributed by atoms with Gasteiger partial charge in [0.1, 0.15) is 5.52 Å².